The lowest BCUT2D eigenvalue weighted by molar-refractivity contribution is 0.0964. The summed E-state index contributed by atoms with van der Waals surface area (Å²) in [4.78, 5) is 27.7. The Morgan fingerprint density at radius 2 is 1.80 bits per heavy atom. The minimum absolute atomic E-state index is 0.184. The number of halogens is 1. The molecule has 0 atom stereocenters. The maximum absolute atomic E-state index is 12.1. The van der Waals surface area contributed by atoms with Gasteiger partial charge in [-0.3, -0.25) is 9.59 Å². The largest absolute Gasteiger partial charge is 0.355 e. The van der Waals surface area contributed by atoms with Gasteiger partial charge >= 0.3 is 0 Å². The molecule has 0 unspecified atom stereocenters. The molecule has 0 aliphatic rings. The summed E-state index contributed by atoms with van der Waals surface area (Å²) >= 11 is 5.74. The van der Waals surface area contributed by atoms with Crippen LogP contribution in [0, 0.1) is 0 Å². The molecular weight excluding hydrogens is 278 g/mol. The second-order valence-electron chi connectivity index (χ2n) is 3.92. The summed E-state index contributed by atoms with van der Waals surface area (Å²) in [6.07, 6.45) is 0. The number of nitrogens with zero attached hydrogens (tertiary/aromatic N) is 1. The van der Waals surface area contributed by atoms with Gasteiger partial charge in [0.25, 0.3) is 11.8 Å². The van der Waals surface area contributed by atoms with E-state index in [4.69, 9.17) is 11.6 Å². The number of pyridine rings is 1. The SMILES string of the molecule is CNC(=O)c1ccccc1NC(=O)c1cccc(Cl)n1. The molecule has 102 valence electrons. The van der Waals surface area contributed by atoms with Gasteiger partial charge in [0.05, 0.1) is 11.3 Å². The van der Waals surface area contributed by atoms with Crippen molar-refractivity contribution in [1.82, 2.24) is 10.3 Å². The Balaban J connectivity index is 2.26. The van der Waals surface area contributed by atoms with Crippen molar-refractivity contribution in [1.29, 1.82) is 0 Å². The molecule has 0 bridgehead atoms. The summed E-state index contributed by atoms with van der Waals surface area (Å²) in [5.41, 5.74) is 0.980. The van der Waals surface area contributed by atoms with Gasteiger partial charge in [0.15, 0.2) is 0 Å². The van der Waals surface area contributed by atoms with Gasteiger partial charge in [-0.15, -0.1) is 0 Å². The Bertz CT molecular complexity index is 658. The Kier molecular flexibility index (Phi) is 4.32. The Hall–Kier alpha value is -2.40. The van der Waals surface area contributed by atoms with Gasteiger partial charge in [0, 0.05) is 7.05 Å². The first kappa shape index (κ1) is 14.0. The molecule has 2 rings (SSSR count). The van der Waals surface area contributed by atoms with E-state index < -0.39 is 5.91 Å². The highest BCUT2D eigenvalue weighted by atomic mass is 35.5. The molecule has 1 heterocycles. The van der Waals surface area contributed by atoms with Gasteiger partial charge in [0.2, 0.25) is 0 Å². The van der Waals surface area contributed by atoms with Crippen LogP contribution in [0.15, 0.2) is 42.5 Å². The van der Waals surface area contributed by atoms with Gasteiger partial charge in [-0.2, -0.15) is 0 Å². The zero-order valence-corrected chi connectivity index (χ0v) is 11.4. The minimum Gasteiger partial charge on any atom is -0.355 e. The summed E-state index contributed by atoms with van der Waals surface area (Å²) in [6, 6.07) is 11.5. The van der Waals surface area contributed by atoms with Gasteiger partial charge in [0.1, 0.15) is 10.8 Å². The number of para-hydroxylation sites is 1. The van der Waals surface area contributed by atoms with Crippen LogP contribution in [0.1, 0.15) is 20.8 Å². The topological polar surface area (TPSA) is 71.1 Å². The number of aromatic nitrogens is 1. The molecule has 2 N–H and O–H groups in total. The first-order chi connectivity index (χ1) is 9.61. The van der Waals surface area contributed by atoms with Crippen molar-refractivity contribution in [2.75, 3.05) is 12.4 Å². The predicted molar refractivity (Wildman–Crippen MR) is 77.0 cm³/mol. The number of nitrogens with one attached hydrogen (secondary N) is 2. The molecule has 1 aromatic carbocycles. The van der Waals surface area contributed by atoms with Crippen LogP contribution in [-0.4, -0.2) is 23.8 Å². The summed E-state index contributed by atoms with van der Waals surface area (Å²) < 4.78 is 0. The molecule has 0 radical (unpaired) electrons. The fourth-order valence-corrected chi connectivity index (χ4v) is 1.81. The number of rotatable bonds is 3. The molecule has 0 aliphatic heterocycles. The van der Waals surface area contributed by atoms with E-state index >= 15 is 0 Å². The number of amides is 2. The zero-order valence-electron chi connectivity index (χ0n) is 10.7. The molecule has 2 amide bonds. The van der Waals surface area contributed by atoms with Gasteiger partial charge in [-0.05, 0) is 24.3 Å². The molecule has 20 heavy (non-hydrogen) atoms. The van der Waals surface area contributed by atoms with E-state index in [1.54, 1.807) is 42.5 Å². The number of hydrogen-bond acceptors (Lipinski definition) is 3. The van der Waals surface area contributed by atoms with E-state index in [2.05, 4.69) is 15.6 Å². The minimum atomic E-state index is -0.427. The van der Waals surface area contributed by atoms with Crippen molar-refractivity contribution < 1.29 is 9.59 Å². The highest BCUT2D eigenvalue weighted by Gasteiger charge is 2.13. The van der Waals surface area contributed by atoms with Crippen molar-refractivity contribution in [3.8, 4) is 0 Å². The van der Waals surface area contributed by atoms with Crippen LogP contribution in [0.3, 0.4) is 0 Å². The molecule has 2 aromatic rings. The molecule has 0 saturated carbocycles. The standard InChI is InChI=1S/C14H12ClN3O2/c1-16-13(19)9-5-2-3-6-10(9)18-14(20)11-7-4-8-12(15)17-11/h2-8H,1H3,(H,16,19)(H,18,20). The quantitative estimate of drug-likeness (QED) is 0.852. The number of anilines is 1. The summed E-state index contributed by atoms with van der Waals surface area (Å²) in [6.45, 7) is 0. The van der Waals surface area contributed by atoms with E-state index in [0.29, 0.717) is 11.3 Å². The molecule has 0 spiro atoms. The molecule has 5 nitrogen and oxygen atoms in total. The predicted octanol–water partition coefficient (Wildman–Crippen LogP) is 2.35. The van der Waals surface area contributed by atoms with E-state index in [1.807, 2.05) is 0 Å². The fourth-order valence-electron chi connectivity index (χ4n) is 1.65. The average Bonchev–Trinajstić information content (AvgIpc) is 2.47. The third-order valence-corrected chi connectivity index (χ3v) is 2.81. The van der Waals surface area contributed by atoms with Crippen molar-refractivity contribution in [2.24, 2.45) is 0 Å². The van der Waals surface area contributed by atoms with E-state index in [9.17, 15) is 9.59 Å². The molecule has 1 aromatic heterocycles. The summed E-state index contributed by atoms with van der Waals surface area (Å²) in [5.74, 6) is -0.705. The second kappa shape index (κ2) is 6.16. The van der Waals surface area contributed by atoms with Gasteiger partial charge < -0.3 is 10.6 Å². The third-order valence-electron chi connectivity index (χ3n) is 2.59. The number of carbonyl (C=O) groups is 2. The lowest BCUT2D eigenvalue weighted by Crippen LogP contribution is -2.21. The number of benzene rings is 1. The second-order valence-corrected chi connectivity index (χ2v) is 4.31. The normalized spacial score (nSPS) is 9.90. The molecular formula is C14H12ClN3O2. The highest BCUT2D eigenvalue weighted by Crippen LogP contribution is 2.16. The van der Waals surface area contributed by atoms with Crippen LogP contribution >= 0.6 is 11.6 Å². The number of carbonyl (C=O) groups excluding carboxylic acids is 2. The van der Waals surface area contributed by atoms with Crippen molar-refractivity contribution in [3.05, 3.63) is 58.9 Å². The van der Waals surface area contributed by atoms with Gasteiger partial charge in [-0.1, -0.05) is 29.8 Å². The average molecular weight is 290 g/mol. The highest BCUT2D eigenvalue weighted by molar-refractivity contribution is 6.29. The maximum atomic E-state index is 12.1. The fraction of sp³-hybridized carbons (Fsp3) is 0.0714. The zero-order chi connectivity index (χ0) is 14.5. The van der Waals surface area contributed by atoms with Crippen LogP contribution in [0.25, 0.3) is 0 Å². The van der Waals surface area contributed by atoms with Crippen LogP contribution in [-0.2, 0) is 0 Å². The smallest absolute Gasteiger partial charge is 0.274 e. The summed E-state index contributed by atoms with van der Waals surface area (Å²) in [7, 11) is 1.53. The van der Waals surface area contributed by atoms with Crippen LogP contribution in [0.2, 0.25) is 5.15 Å². The molecule has 0 saturated heterocycles. The van der Waals surface area contributed by atoms with Crippen molar-refractivity contribution in [2.45, 2.75) is 0 Å². The van der Waals surface area contributed by atoms with Gasteiger partial charge in [-0.25, -0.2) is 4.98 Å². The molecule has 6 heteroatoms. The Morgan fingerprint density at radius 3 is 2.50 bits per heavy atom. The number of hydrogen-bond donors (Lipinski definition) is 2. The van der Waals surface area contributed by atoms with Crippen molar-refractivity contribution >= 4 is 29.1 Å². The first-order valence-corrected chi connectivity index (χ1v) is 6.24. The lowest BCUT2D eigenvalue weighted by Gasteiger charge is -2.09. The van der Waals surface area contributed by atoms with Crippen LogP contribution < -0.4 is 10.6 Å². The van der Waals surface area contributed by atoms with E-state index in [1.165, 1.54) is 7.05 Å². The maximum Gasteiger partial charge on any atom is 0.274 e. The van der Waals surface area contributed by atoms with E-state index in [0.717, 1.165) is 0 Å². The van der Waals surface area contributed by atoms with Crippen LogP contribution in [0.4, 0.5) is 5.69 Å². The first-order valence-electron chi connectivity index (χ1n) is 5.87. The third kappa shape index (κ3) is 3.13. The van der Waals surface area contributed by atoms with E-state index in [-0.39, 0.29) is 16.8 Å². The lowest BCUT2D eigenvalue weighted by atomic mass is 10.1. The van der Waals surface area contributed by atoms with Crippen molar-refractivity contribution in [3.63, 3.8) is 0 Å². The Labute approximate surface area is 121 Å². The van der Waals surface area contributed by atoms with Crippen LogP contribution in [0.5, 0.6) is 0 Å². The summed E-state index contributed by atoms with van der Waals surface area (Å²) in [5, 5.41) is 5.40. The monoisotopic (exact) mass is 289 g/mol. The molecule has 0 aliphatic carbocycles. The molecule has 0 fully saturated rings. The Morgan fingerprint density at radius 1 is 1.05 bits per heavy atom.